The predicted molar refractivity (Wildman–Crippen MR) is 97.9 cm³/mol. The maximum absolute atomic E-state index is 12.8. The van der Waals surface area contributed by atoms with Gasteiger partial charge in [-0.05, 0) is 39.5 Å². The number of imide groups is 1. The number of hydrogen-bond donors (Lipinski definition) is 3. The van der Waals surface area contributed by atoms with Gasteiger partial charge in [-0.15, -0.1) is 0 Å². The van der Waals surface area contributed by atoms with Gasteiger partial charge in [0.2, 0.25) is 5.91 Å². The largest absolute Gasteiger partial charge is 0.444 e. The van der Waals surface area contributed by atoms with Crippen molar-refractivity contribution in [3.05, 3.63) is 0 Å². The highest BCUT2D eigenvalue weighted by Gasteiger charge is 2.55. The van der Waals surface area contributed by atoms with E-state index in [0.717, 1.165) is 24.2 Å². The van der Waals surface area contributed by atoms with Gasteiger partial charge in [0.1, 0.15) is 17.7 Å². The minimum absolute atomic E-state index is 0.0498. The third-order valence-corrected chi connectivity index (χ3v) is 4.92. The Labute approximate surface area is 159 Å². The first kappa shape index (κ1) is 21.0. The van der Waals surface area contributed by atoms with Crippen molar-refractivity contribution in [2.45, 2.75) is 64.5 Å². The lowest BCUT2D eigenvalue weighted by Gasteiger charge is -2.36. The molecule has 1 heterocycles. The first-order chi connectivity index (χ1) is 12.5. The Morgan fingerprint density at radius 2 is 1.89 bits per heavy atom. The second-order valence-electron chi connectivity index (χ2n) is 8.22. The summed E-state index contributed by atoms with van der Waals surface area (Å²) in [6, 6.07) is -0.518. The summed E-state index contributed by atoms with van der Waals surface area (Å²) in [5, 5.41) is 7.92. The Morgan fingerprint density at radius 3 is 2.52 bits per heavy atom. The number of amides is 5. The number of nitrogens with zero attached hydrogens (tertiary/aromatic N) is 1. The van der Waals surface area contributed by atoms with Crippen molar-refractivity contribution in [2.24, 2.45) is 5.92 Å². The lowest BCUT2D eigenvalue weighted by molar-refractivity contribution is -0.137. The fraction of sp³-hybridized carbons (Fsp3) is 0.778. The summed E-state index contributed by atoms with van der Waals surface area (Å²) >= 11 is 0. The molecule has 0 aromatic carbocycles. The zero-order chi connectivity index (χ0) is 20.2. The van der Waals surface area contributed by atoms with Crippen LogP contribution in [0, 0.1) is 5.92 Å². The van der Waals surface area contributed by atoms with Gasteiger partial charge in [0.15, 0.2) is 0 Å². The van der Waals surface area contributed by atoms with E-state index < -0.39 is 29.2 Å². The van der Waals surface area contributed by atoms with Gasteiger partial charge >= 0.3 is 12.1 Å². The lowest BCUT2D eigenvalue weighted by atomic mass is 9.73. The molecule has 3 N–H and O–H groups in total. The van der Waals surface area contributed by atoms with E-state index in [9.17, 15) is 19.2 Å². The molecule has 27 heavy (non-hydrogen) atoms. The maximum Gasteiger partial charge on any atom is 0.407 e. The van der Waals surface area contributed by atoms with Crippen LogP contribution in [0.15, 0.2) is 0 Å². The Morgan fingerprint density at radius 1 is 1.22 bits per heavy atom. The molecule has 9 nitrogen and oxygen atoms in total. The highest BCUT2D eigenvalue weighted by molar-refractivity contribution is 6.09. The summed E-state index contributed by atoms with van der Waals surface area (Å²) in [6.07, 6.45) is 2.84. The molecule has 2 aliphatic rings. The van der Waals surface area contributed by atoms with Crippen molar-refractivity contribution >= 4 is 23.9 Å². The highest BCUT2D eigenvalue weighted by atomic mass is 16.6. The summed E-state index contributed by atoms with van der Waals surface area (Å²) in [6.45, 7) is 7.26. The number of hydrogen-bond acceptors (Lipinski definition) is 5. The normalized spacial score (nSPS) is 25.3. The zero-order valence-electron chi connectivity index (χ0n) is 16.5. The molecule has 2 atom stereocenters. The Balaban J connectivity index is 1.78. The summed E-state index contributed by atoms with van der Waals surface area (Å²) in [5.74, 6) is -0.722. The SMILES string of the molecule is CC1CCCCC12NC(=O)N(CC(=O)NCCNC(=O)OC(C)(C)C)C2=O. The number of carbonyl (C=O) groups is 4. The van der Waals surface area contributed by atoms with E-state index in [4.69, 9.17) is 4.74 Å². The maximum atomic E-state index is 12.8. The quantitative estimate of drug-likeness (QED) is 0.487. The van der Waals surface area contributed by atoms with E-state index in [1.165, 1.54) is 0 Å². The Kier molecular flexibility index (Phi) is 6.33. The number of nitrogens with one attached hydrogen (secondary N) is 3. The molecule has 0 aromatic heterocycles. The number of alkyl carbamates (subject to hydrolysis) is 1. The summed E-state index contributed by atoms with van der Waals surface area (Å²) in [4.78, 5) is 49.6. The van der Waals surface area contributed by atoms with Crippen LogP contribution in [-0.2, 0) is 14.3 Å². The van der Waals surface area contributed by atoms with Crippen molar-refractivity contribution < 1.29 is 23.9 Å². The number of ether oxygens (including phenoxy) is 1. The van der Waals surface area contributed by atoms with Crippen LogP contribution in [0.4, 0.5) is 9.59 Å². The smallest absolute Gasteiger partial charge is 0.407 e. The molecule has 0 radical (unpaired) electrons. The first-order valence-corrected chi connectivity index (χ1v) is 9.43. The van der Waals surface area contributed by atoms with Crippen LogP contribution >= 0.6 is 0 Å². The van der Waals surface area contributed by atoms with Crippen LogP contribution in [0.5, 0.6) is 0 Å². The van der Waals surface area contributed by atoms with Crippen LogP contribution in [0.1, 0.15) is 53.4 Å². The van der Waals surface area contributed by atoms with Gasteiger partial charge in [0.05, 0.1) is 0 Å². The van der Waals surface area contributed by atoms with Crippen molar-refractivity contribution in [1.29, 1.82) is 0 Å². The molecule has 2 unspecified atom stereocenters. The molecule has 1 spiro atoms. The summed E-state index contributed by atoms with van der Waals surface area (Å²) in [7, 11) is 0. The molecule has 0 bridgehead atoms. The van der Waals surface area contributed by atoms with Crippen molar-refractivity contribution in [3.8, 4) is 0 Å². The zero-order valence-corrected chi connectivity index (χ0v) is 16.5. The van der Waals surface area contributed by atoms with Gasteiger partial charge in [-0.2, -0.15) is 0 Å². The second-order valence-corrected chi connectivity index (χ2v) is 8.22. The fourth-order valence-electron chi connectivity index (χ4n) is 3.52. The summed E-state index contributed by atoms with van der Waals surface area (Å²) < 4.78 is 5.09. The molecular weight excluding hydrogens is 352 g/mol. The predicted octanol–water partition coefficient (Wildman–Crippen LogP) is 1.13. The van der Waals surface area contributed by atoms with Crippen LogP contribution in [-0.4, -0.2) is 59.6 Å². The van der Waals surface area contributed by atoms with E-state index in [0.29, 0.717) is 6.42 Å². The highest BCUT2D eigenvalue weighted by Crippen LogP contribution is 2.38. The minimum atomic E-state index is -0.867. The molecule has 1 aliphatic carbocycles. The van der Waals surface area contributed by atoms with Gasteiger partial charge in [-0.25, -0.2) is 9.59 Å². The number of urea groups is 1. The van der Waals surface area contributed by atoms with Crippen LogP contribution in [0.25, 0.3) is 0 Å². The van der Waals surface area contributed by atoms with E-state index in [-0.39, 0.29) is 31.5 Å². The molecule has 2 fully saturated rings. The van der Waals surface area contributed by atoms with Gasteiger partial charge in [-0.3, -0.25) is 14.5 Å². The molecule has 9 heteroatoms. The molecule has 0 aromatic rings. The van der Waals surface area contributed by atoms with Gasteiger partial charge in [0.25, 0.3) is 5.91 Å². The number of rotatable bonds is 5. The molecule has 2 rings (SSSR count). The average molecular weight is 382 g/mol. The fourth-order valence-corrected chi connectivity index (χ4v) is 3.52. The van der Waals surface area contributed by atoms with Crippen molar-refractivity contribution in [3.63, 3.8) is 0 Å². The molecular formula is C18H30N4O5. The van der Waals surface area contributed by atoms with E-state index in [1.54, 1.807) is 20.8 Å². The van der Waals surface area contributed by atoms with Gasteiger partial charge < -0.3 is 20.7 Å². The van der Waals surface area contributed by atoms with Crippen LogP contribution in [0.2, 0.25) is 0 Å². The van der Waals surface area contributed by atoms with Crippen LogP contribution < -0.4 is 16.0 Å². The van der Waals surface area contributed by atoms with Crippen LogP contribution in [0.3, 0.4) is 0 Å². The first-order valence-electron chi connectivity index (χ1n) is 9.43. The Hall–Kier alpha value is -2.32. The molecule has 1 aliphatic heterocycles. The monoisotopic (exact) mass is 382 g/mol. The van der Waals surface area contributed by atoms with Gasteiger partial charge in [0, 0.05) is 13.1 Å². The summed E-state index contributed by atoms with van der Waals surface area (Å²) in [5.41, 5.74) is -1.46. The third kappa shape index (κ3) is 5.11. The molecule has 5 amide bonds. The van der Waals surface area contributed by atoms with E-state index in [2.05, 4.69) is 16.0 Å². The second kappa shape index (κ2) is 8.14. The minimum Gasteiger partial charge on any atom is -0.444 e. The van der Waals surface area contributed by atoms with E-state index >= 15 is 0 Å². The molecule has 152 valence electrons. The average Bonchev–Trinajstić information content (AvgIpc) is 2.78. The third-order valence-electron chi connectivity index (χ3n) is 4.92. The lowest BCUT2D eigenvalue weighted by Crippen LogP contribution is -2.54. The molecule has 1 saturated heterocycles. The number of carbonyl (C=O) groups excluding carboxylic acids is 4. The van der Waals surface area contributed by atoms with Crippen molar-refractivity contribution in [1.82, 2.24) is 20.9 Å². The molecule has 1 saturated carbocycles. The van der Waals surface area contributed by atoms with Crippen molar-refractivity contribution in [2.75, 3.05) is 19.6 Å². The topological polar surface area (TPSA) is 117 Å². The Bertz CT molecular complexity index is 615. The van der Waals surface area contributed by atoms with E-state index in [1.807, 2.05) is 6.92 Å². The standard InChI is InChI=1S/C18H30N4O5/c1-12-7-5-6-8-18(12)14(24)22(15(25)21-18)11-13(23)19-9-10-20-16(26)27-17(2,3)4/h12H,5-11H2,1-4H3,(H,19,23)(H,20,26)(H,21,25). The van der Waals surface area contributed by atoms with Gasteiger partial charge in [-0.1, -0.05) is 19.8 Å².